The molecule has 0 unspecified atom stereocenters. The van der Waals surface area contributed by atoms with Gasteiger partial charge in [-0.1, -0.05) is 13.8 Å². The highest BCUT2D eigenvalue weighted by atomic mass is 16.6. The van der Waals surface area contributed by atoms with E-state index in [2.05, 4.69) is 19.2 Å². The number of nitrogens with zero attached hydrogens (tertiary/aromatic N) is 2. The second-order valence-corrected chi connectivity index (χ2v) is 7.22. The summed E-state index contributed by atoms with van der Waals surface area (Å²) >= 11 is 0. The van der Waals surface area contributed by atoms with Crippen molar-refractivity contribution in [3.63, 3.8) is 0 Å². The van der Waals surface area contributed by atoms with Crippen molar-refractivity contribution in [3.05, 3.63) is 0 Å². The summed E-state index contributed by atoms with van der Waals surface area (Å²) in [6, 6.07) is -0.0346. The molecular weight excluding hydrogens is 282 g/mol. The molecule has 1 aliphatic heterocycles. The van der Waals surface area contributed by atoms with Gasteiger partial charge in [-0.2, -0.15) is 0 Å². The van der Waals surface area contributed by atoms with E-state index in [1.165, 1.54) is 0 Å². The molecule has 3 amide bonds. The van der Waals surface area contributed by atoms with Crippen LogP contribution >= 0.6 is 0 Å². The molecule has 1 rings (SSSR count). The van der Waals surface area contributed by atoms with Gasteiger partial charge in [0.1, 0.15) is 5.60 Å². The Hall–Kier alpha value is -1.46. The minimum atomic E-state index is -0.484. The zero-order chi connectivity index (χ0) is 16.8. The van der Waals surface area contributed by atoms with E-state index in [-0.39, 0.29) is 12.1 Å². The van der Waals surface area contributed by atoms with Crippen LogP contribution in [0.4, 0.5) is 9.59 Å². The maximum Gasteiger partial charge on any atom is 0.410 e. The third-order valence-corrected chi connectivity index (χ3v) is 3.45. The Balaban J connectivity index is 2.27. The standard InChI is InChI=1S/C16H31N3O3/c1-13(2)7-6-8-17-14(20)18-9-11-19(12-10-18)15(21)22-16(3,4)5/h13H,6-12H2,1-5H3,(H,17,20). The molecule has 0 aromatic heterocycles. The molecule has 1 fully saturated rings. The van der Waals surface area contributed by atoms with Gasteiger partial charge < -0.3 is 19.9 Å². The first-order chi connectivity index (χ1) is 10.2. The van der Waals surface area contributed by atoms with E-state index in [0.29, 0.717) is 38.6 Å². The lowest BCUT2D eigenvalue weighted by atomic mass is 10.1. The Kier molecular flexibility index (Phi) is 6.97. The monoisotopic (exact) mass is 313 g/mol. The number of hydrogen-bond donors (Lipinski definition) is 1. The normalized spacial score (nSPS) is 15.9. The number of hydrogen-bond acceptors (Lipinski definition) is 3. The average molecular weight is 313 g/mol. The Bertz CT molecular complexity index is 369. The van der Waals surface area contributed by atoms with Gasteiger partial charge in [-0.3, -0.25) is 0 Å². The smallest absolute Gasteiger partial charge is 0.410 e. The molecule has 22 heavy (non-hydrogen) atoms. The summed E-state index contributed by atoms with van der Waals surface area (Å²) < 4.78 is 5.34. The lowest BCUT2D eigenvalue weighted by molar-refractivity contribution is 0.0170. The molecule has 1 saturated heterocycles. The molecule has 1 aliphatic rings. The van der Waals surface area contributed by atoms with Crippen molar-refractivity contribution in [3.8, 4) is 0 Å². The van der Waals surface area contributed by atoms with Gasteiger partial charge >= 0.3 is 12.1 Å². The van der Waals surface area contributed by atoms with Gasteiger partial charge in [0.2, 0.25) is 0 Å². The van der Waals surface area contributed by atoms with Crippen LogP contribution in [0.2, 0.25) is 0 Å². The molecule has 0 saturated carbocycles. The highest BCUT2D eigenvalue weighted by Crippen LogP contribution is 2.12. The Morgan fingerprint density at radius 1 is 1.09 bits per heavy atom. The summed E-state index contributed by atoms with van der Waals surface area (Å²) in [6.45, 7) is 12.8. The van der Waals surface area contributed by atoms with Crippen LogP contribution < -0.4 is 5.32 Å². The minimum Gasteiger partial charge on any atom is -0.444 e. The summed E-state index contributed by atoms with van der Waals surface area (Å²) in [5.74, 6) is 0.661. The molecular formula is C16H31N3O3. The van der Waals surface area contributed by atoms with Crippen LogP contribution in [0.5, 0.6) is 0 Å². The number of carbonyl (C=O) groups excluding carboxylic acids is 2. The van der Waals surface area contributed by atoms with Crippen LogP contribution in [-0.4, -0.2) is 60.2 Å². The van der Waals surface area contributed by atoms with Crippen LogP contribution in [0.25, 0.3) is 0 Å². The molecule has 0 atom stereocenters. The molecule has 128 valence electrons. The number of rotatable bonds is 4. The van der Waals surface area contributed by atoms with E-state index in [0.717, 1.165) is 12.8 Å². The minimum absolute atomic E-state index is 0.0346. The first-order valence-corrected chi connectivity index (χ1v) is 8.20. The van der Waals surface area contributed by atoms with Crippen LogP contribution in [0.15, 0.2) is 0 Å². The lowest BCUT2D eigenvalue weighted by Crippen LogP contribution is -2.54. The van der Waals surface area contributed by atoms with Gasteiger partial charge in [0.15, 0.2) is 0 Å². The van der Waals surface area contributed by atoms with Crippen LogP contribution in [0.3, 0.4) is 0 Å². The average Bonchev–Trinajstić information content (AvgIpc) is 2.41. The summed E-state index contributed by atoms with van der Waals surface area (Å²) in [5.41, 5.74) is -0.484. The summed E-state index contributed by atoms with van der Waals surface area (Å²) in [6.07, 6.45) is 1.82. The van der Waals surface area contributed by atoms with Crippen molar-refractivity contribution >= 4 is 12.1 Å². The molecule has 6 heteroatoms. The number of ether oxygens (including phenoxy) is 1. The number of piperazine rings is 1. The number of amides is 3. The topological polar surface area (TPSA) is 61.9 Å². The first-order valence-electron chi connectivity index (χ1n) is 8.20. The molecule has 0 radical (unpaired) electrons. The SMILES string of the molecule is CC(C)CCCNC(=O)N1CCN(C(=O)OC(C)(C)C)CC1. The van der Waals surface area contributed by atoms with E-state index < -0.39 is 5.60 Å². The zero-order valence-corrected chi connectivity index (χ0v) is 14.6. The second kappa shape index (κ2) is 8.25. The Morgan fingerprint density at radius 3 is 2.14 bits per heavy atom. The summed E-state index contributed by atoms with van der Waals surface area (Å²) in [4.78, 5) is 27.4. The molecule has 0 aromatic rings. The van der Waals surface area contributed by atoms with Crippen molar-refractivity contribution in [2.24, 2.45) is 5.92 Å². The fraction of sp³-hybridized carbons (Fsp3) is 0.875. The third kappa shape index (κ3) is 7.00. The highest BCUT2D eigenvalue weighted by molar-refractivity contribution is 5.75. The molecule has 1 heterocycles. The maximum atomic E-state index is 12.0. The molecule has 0 spiro atoms. The van der Waals surface area contributed by atoms with Gasteiger partial charge in [-0.25, -0.2) is 9.59 Å². The predicted molar refractivity (Wildman–Crippen MR) is 86.9 cm³/mol. The first kappa shape index (κ1) is 18.6. The second-order valence-electron chi connectivity index (χ2n) is 7.22. The third-order valence-electron chi connectivity index (χ3n) is 3.45. The van der Waals surface area contributed by atoms with Crippen molar-refractivity contribution < 1.29 is 14.3 Å². The quantitative estimate of drug-likeness (QED) is 0.812. The van der Waals surface area contributed by atoms with E-state index >= 15 is 0 Å². The summed E-state index contributed by atoms with van der Waals surface area (Å²) in [5, 5.41) is 2.94. The van der Waals surface area contributed by atoms with Gasteiger partial charge in [-0.05, 0) is 39.5 Å². The lowest BCUT2D eigenvalue weighted by Gasteiger charge is -2.35. The van der Waals surface area contributed by atoms with Crippen LogP contribution in [0, 0.1) is 5.92 Å². The molecule has 6 nitrogen and oxygen atoms in total. The van der Waals surface area contributed by atoms with Gasteiger partial charge in [0.05, 0.1) is 0 Å². The van der Waals surface area contributed by atoms with Crippen LogP contribution in [-0.2, 0) is 4.74 Å². The molecule has 0 aromatic carbocycles. The number of urea groups is 1. The van der Waals surface area contributed by atoms with Crippen LogP contribution in [0.1, 0.15) is 47.5 Å². The van der Waals surface area contributed by atoms with Crippen molar-refractivity contribution in [1.82, 2.24) is 15.1 Å². The Morgan fingerprint density at radius 2 is 1.64 bits per heavy atom. The molecule has 1 N–H and O–H groups in total. The maximum absolute atomic E-state index is 12.0. The molecule has 0 aliphatic carbocycles. The molecule has 0 bridgehead atoms. The van der Waals surface area contributed by atoms with E-state index in [4.69, 9.17) is 4.74 Å². The van der Waals surface area contributed by atoms with E-state index in [1.807, 2.05) is 20.8 Å². The van der Waals surface area contributed by atoms with Gasteiger partial charge in [0, 0.05) is 32.7 Å². The predicted octanol–water partition coefficient (Wildman–Crippen LogP) is 2.68. The fourth-order valence-electron chi connectivity index (χ4n) is 2.24. The van der Waals surface area contributed by atoms with E-state index in [1.54, 1.807) is 9.80 Å². The van der Waals surface area contributed by atoms with Gasteiger partial charge in [-0.15, -0.1) is 0 Å². The van der Waals surface area contributed by atoms with Crippen molar-refractivity contribution in [1.29, 1.82) is 0 Å². The zero-order valence-electron chi connectivity index (χ0n) is 14.6. The summed E-state index contributed by atoms with van der Waals surface area (Å²) in [7, 11) is 0. The number of carbonyl (C=O) groups is 2. The largest absolute Gasteiger partial charge is 0.444 e. The van der Waals surface area contributed by atoms with Crippen molar-refractivity contribution in [2.75, 3.05) is 32.7 Å². The fourth-order valence-corrected chi connectivity index (χ4v) is 2.24. The van der Waals surface area contributed by atoms with Gasteiger partial charge in [0.25, 0.3) is 0 Å². The van der Waals surface area contributed by atoms with Crippen molar-refractivity contribution in [2.45, 2.75) is 53.1 Å². The van der Waals surface area contributed by atoms with E-state index in [9.17, 15) is 9.59 Å². The number of nitrogens with one attached hydrogen (secondary N) is 1. The Labute approximate surface area is 134 Å². The highest BCUT2D eigenvalue weighted by Gasteiger charge is 2.27.